The van der Waals surface area contributed by atoms with Gasteiger partial charge in [0.1, 0.15) is 0 Å². The van der Waals surface area contributed by atoms with Gasteiger partial charge in [-0.05, 0) is 22.0 Å². The molecule has 0 aromatic heterocycles. The van der Waals surface area contributed by atoms with Crippen LogP contribution in [-0.2, 0) is 10.2 Å². The number of carboxylic acids is 1. The number of halogens is 2. The van der Waals surface area contributed by atoms with Crippen LogP contribution in [0.3, 0.4) is 0 Å². The molecule has 106 valence electrons. The summed E-state index contributed by atoms with van der Waals surface area (Å²) in [6.45, 7) is 3.61. The first-order valence-electron chi connectivity index (χ1n) is 5.56. The van der Waals surface area contributed by atoms with E-state index < -0.39 is 11.4 Å². The van der Waals surface area contributed by atoms with Crippen LogP contribution in [0.1, 0.15) is 25.8 Å². The van der Waals surface area contributed by atoms with Crippen molar-refractivity contribution in [2.45, 2.75) is 25.7 Å². The van der Waals surface area contributed by atoms with Gasteiger partial charge in [-0.1, -0.05) is 25.4 Å². The number of aliphatic carboxylic acids is 1. The van der Waals surface area contributed by atoms with Crippen LogP contribution < -0.4 is 9.47 Å². The molecule has 1 N–H and O–H groups in total. The molecule has 0 atom stereocenters. The summed E-state index contributed by atoms with van der Waals surface area (Å²) >= 11 is 9.60. The zero-order valence-corrected chi connectivity index (χ0v) is 13.6. The van der Waals surface area contributed by atoms with Gasteiger partial charge in [-0.15, -0.1) is 0 Å². The number of ether oxygens (including phenoxy) is 2. The van der Waals surface area contributed by atoms with Crippen molar-refractivity contribution in [2.75, 3.05) is 14.2 Å². The predicted molar refractivity (Wildman–Crippen MR) is 77.5 cm³/mol. The third kappa shape index (κ3) is 3.34. The van der Waals surface area contributed by atoms with Crippen LogP contribution in [0, 0.1) is 0 Å². The normalized spacial score (nSPS) is 11.3. The third-order valence-corrected chi connectivity index (χ3v) is 3.71. The maximum absolute atomic E-state index is 11.0. The highest BCUT2D eigenvalue weighted by atomic mass is 79.9. The number of benzene rings is 1. The van der Waals surface area contributed by atoms with Crippen molar-refractivity contribution in [1.29, 1.82) is 0 Å². The van der Waals surface area contributed by atoms with E-state index in [1.54, 1.807) is 19.9 Å². The molecule has 0 amide bonds. The third-order valence-electron chi connectivity index (χ3n) is 2.82. The Morgan fingerprint density at radius 3 is 2.32 bits per heavy atom. The van der Waals surface area contributed by atoms with E-state index in [0.717, 1.165) is 0 Å². The fourth-order valence-corrected chi connectivity index (χ4v) is 3.21. The minimum absolute atomic E-state index is 0.0616. The molecule has 0 saturated carbocycles. The van der Waals surface area contributed by atoms with Crippen LogP contribution in [0.5, 0.6) is 11.5 Å². The van der Waals surface area contributed by atoms with Crippen molar-refractivity contribution in [3.63, 3.8) is 0 Å². The number of carbonyl (C=O) groups is 1. The molecule has 0 bridgehead atoms. The van der Waals surface area contributed by atoms with E-state index in [9.17, 15) is 4.79 Å². The summed E-state index contributed by atoms with van der Waals surface area (Å²) in [5, 5.41) is 9.46. The Balaban J connectivity index is 3.53. The van der Waals surface area contributed by atoms with Gasteiger partial charge in [0.25, 0.3) is 0 Å². The molecule has 0 fully saturated rings. The molecule has 4 nitrogen and oxygen atoms in total. The van der Waals surface area contributed by atoms with Crippen LogP contribution in [-0.4, -0.2) is 25.3 Å². The fraction of sp³-hybridized carbons (Fsp3) is 0.462. The quantitative estimate of drug-likeness (QED) is 0.875. The summed E-state index contributed by atoms with van der Waals surface area (Å²) in [4.78, 5) is 11.0. The molecular formula is C13H16BrClO4. The highest BCUT2D eigenvalue weighted by Gasteiger charge is 2.32. The monoisotopic (exact) mass is 350 g/mol. The van der Waals surface area contributed by atoms with E-state index >= 15 is 0 Å². The minimum Gasteiger partial charge on any atom is -0.492 e. The Morgan fingerprint density at radius 2 is 1.89 bits per heavy atom. The number of hydrogen-bond donors (Lipinski definition) is 1. The highest BCUT2D eigenvalue weighted by molar-refractivity contribution is 9.10. The van der Waals surface area contributed by atoms with Gasteiger partial charge in [-0.25, -0.2) is 0 Å². The van der Waals surface area contributed by atoms with Crippen molar-refractivity contribution in [3.8, 4) is 11.5 Å². The lowest BCUT2D eigenvalue weighted by Crippen LogP contribution is -2.23. The standard InChI is InChI=1S/C13H16BrClO4/c1-13(2,6-9(16)17)10-8(15)5-7(14)11(18-3)12(10)19-4/h5H,6H2,1-4H3,(H,16,17). The molecule has 1 aromatic rings. The molecule has 19 heavy (non-hydrogen) atoms. The summed E-state index contributed by atoms with van der Waals surface area (Å²) in [7, 11) is 3.02. The summed E-state index contributed by atoms with van der Waals surface area (Å²) in [6.07, 6.45) is -0.0616. The predicted octanol–water partition coefficient (Wildman–Crippen LogP) is 3.87. The minimum atomic E-state index is -0.898. The van der Waals surface area contributed by atoms with Gasteiger partial charge < -0.3 is 14.6 Å². The molecule has 1 aromatic carbocycles. The van der Waals surface area contributed by atoms with Gasteiger partial charge >= 0.3 is 5.97 Å². The lowest BCUT2D eigenvalue weighted by molar-refractivity contribution is -0.138. The lowest BCUT2D eigenvalue weighted by atomic mass is 9.80. The van der Waals surface area contributed by atoms with Crippen molar-refractivity contribution in [1.82, 2.24) is 0 Å². The average molecular weight is 352 g/mol. The van der Waals surface area contributed by atoms with Crippen molar-refractivity contribution in [2.24, 2.45) is 0 Å². The van der Waals surface area contributed by atoms with Crippen LogP contribution >= 0.6 is 27.5 Å². The summed E-state index contributed by atoms with van der Waals surface area (Å²) < 4.78 is 11.3. The van der Waals surface area contributed by atoms with Gasteiger partial charge in [0, 0.05) is 16.0 Å². The number of hydrogen-bond acceptors (Lipinski definition) is 3. The summed E-state index contributed by atoms with van der Waals surface area (Å²) in [6, 6.07) is 1.68. The fourth-order valence-electron chi connectivity index (χ4n) is 2.06. The smallest absolute Gasteiger partial charge is 0.304 e. The topological polar surface area (TPSA) is 55.8 Å². The van der Waals surface area contributed by atoms with Gasteiger partial charge in [0.2, 0.25) is 0 Å². The molecule has 0 aliphatic rings. The van der Waals surface area contributed by atoms with Crippen LogP contribution in [0.15, 0.2) is 10.5 Å². The highest BCUT2D eigenvalue weighted by Crippen LogP contribution is 2.48. The Hall–Kier alpha value is -0.940. The first-order valence-corrected chi connectivity index (χ1v) is 6.74. The van der Waals surface area contributed by atoms with E-state index in [1.165, 1.54) is 14.2 Å². The molecular weight excluding hydrogens is 335 g/mol. The maximum atomic E-state index is 11.0. The van der Waals surface area contributed by atoms with Gasteiger partial charge in [0.05, 0.1) is 25.1 Å². The SMILES string of the molecule is COc1c(Br)cc(Cl)c(C(C)(C)CC(=O)O)c1OC. The summed E-state index contributed by atoms with van der Waals surface area (Å²) in [5.41, 5.74) is -0.0542. The van der Waals surface area contributed by atoms with E-state index in [0.29, 0.717) is 26.6 Å². The Bertz CT molecular complexity index is 500. The number of methoxy groups -OCH3 is 2. The zero-order valence-electron chi connectivity index (χ0n) is 11.2. The van der Waals surface area contributed by atoms with E-state index in [2.05, 4.69) is 15.9 Å². The first kappa shape index (κ1) is 16.1. The van der Waals surface area contributed by atoms with Crippen molar-refractivity contribution < 1.29 is 19.4 Å². The maximum Gasteiger partial charge on any atom is 0.304 e. The molecule has 1 rings (SSSR count). The van der Waals surface area contributed by atoms with Crippen molar-refractivity contribution in [3.05, 3.63) is 21.1 Å². The lowest BCUT2D eigenvalue weighted by Gasteiger charge is -2.28. The van der Waals surface area contributed by atoms with Crippen LogP contribution in [0.25, 0.3) is 0 Å². The second-order valence-corrected chi connectivity index (χ2v) is 6.00. The molecule has 0 unspecified atom stereocenters. The summed E-state index contributed by atoms with van der Waals surface area (Å²) in [5.74, 6) is 0.0542. The first-order chi connectivity index (χ1) is 8.74. The van der Waals surface area contributed by atoms with Gasteiger partial charge in [-0.2, -0.15) is 0 Å². The van der Waals surface area contributed by atoms with E-state index in [4.69, 9.17) is 26.2 Å². The van der Waals surface area contributed by atoms with Gasteiger partial charge in [0.15, 0.2) is 11.5 Å². The second-order valence-electron chi connectivity index (χ2n) is 4.74. The largest absolute Gasteiger partial charge is 0.492 e. The molecule has 0 saturated heterocycles. The Morgan fingerprint density at radius 1 is 1.37 bits per heavy atom. The number of carboxylic acid groups (broad SMARTS) is 1. The molecule has 6 heteroatoms. The zero-order chi connectivity index (χ0) is 14.8. The molecule has 0 heterocycles. The van der Waals surface area contributed by atoms with Gasteiger partial charge in [-0.3, -0.25) is 4.79 Å². The number of rotatable bonds is 5. The second kappa shape index (κ2) is 6.01. The average Bonchev–Trinajstić information content (AvgIpc) is 2.25. The molecule has 0 spiro atoms. The molecule has 0 radical (unpaired) electrons. The Kier molecular flexibility index (Phi) is 5.10. The van der Waals surface area contributed by atoms with Crippen LogP contribution in [0.2, 0.25) is 5.02 Å². The van der Waals surface area contributed by atoms with Crippen molar-refractivity contribution >= 4 is 33.5 Å². The van der Waals surface area contributed by atoms with Crippen LogP contribution in [0.4, 0.5) is 0 Å². The molecule has 0 aliphatic heterocycles. The Labute approximate surface area is 125 Å². The van der Waals surface area contributed by atoms with E-state index in [1.807, 2.05) is 0 Å². The molecule has 0 aliphatic carbocycles. The van der Waals surface area contributed by atoms with E-state index in [-0.39, 0.29) is 6.42 Å².